The van der Waals surface area contributed by atoms with Crippen LogP contribution in [0.2, 0.25) is 0 Å². The number of carbonyl (C=O) groups excluding carboxylic acids is 1. The molecule has 1 amide bonds. The number of carbonyl (C=O) groups is 2. The van der Waals surface area contributed by atoms with Crippen molar-refractivity contribution in [2.24, 2.45) is 0 Å². The Balaban J connectivity index is 2.66. The number of rotatable bonds is 7. The smallest absolute Gasteiger partial charge is 0.328 e. The highest BCUT2D eigenvalue weighted by atomic mass is 16.5. The van der Waals surface area contributed by atoms with Gasteiger partial charge in [0, 0.05) is 26.3 Å². The number of amides is 1. The van der Waals surface area contributed by atoms with E-state index in [0.717, 1.165) is 17.2 Å². The molecule has 5 heteroatoms. The highest BCUT2D eigenvalue weighted by molar-refractivity contribution is 5.85. The molecular formula is C15H19NO4. The fourth-order valence-corrected chi connectivity index (χ4v) is 1.62. The second-order valence-electron chi connectivity index (χ2n) is 4.30. The van der Waals surface area contributed by atoms with Gasteiger partial charge < -0.3 is 14.7 Å². The fraction of sp³-hybridized carbons (Fsp3) is 0.333. The molecule has 1 rings (SSSR count). The molecule has 0 radical (unpaired) electrons. The van der Waals surface area contributed by atoms with Gasteiger partial charge in [-0.3, -0.25) is 4.79 Å². The Morgan fingerprint density at radius 1 is 1.40 bits per heavy atom. The van der Waals surface area contributed by atoms with Crippen molar-refractivity contribution in [2.45, 2.75) is 13.5 Å². The first-order chi connectivity index (χ1) is 9.52. The van der Waals surface area contributed by atoms with Crippen molar-refractivity contribution in [3.8, 4) is 0 Å². The van der Waals surface area contributed by atoms with E-state index in [9.17, 15) is 9.59 Å². The van der Waals surface area contributed by atoms with Gasteiger partial charge in [0.2, 0.25) is 5.91 Å². The number of benzene rings is 1. The van der Waals surface area contributed by atoms with E-state index in [2.05, 4.69) is 0 Å². The van der Waals surface area contributed by atoms with Gasteiger partial charge in [-0.05, 0) is 30.2 Å². The summed E-state index contributed by atoms with van der Waals surface area (Å²) in [5, 5.41) is 8.59. The zero-order valence-corrected chi connectivity index (χ0v) is 11.7. The summed E-state index contributed by atoms with van der Waals surface area (Å²) in [7, 11) is 1.71. The van der Waals surface area contributed by atoms with Crippen molar-refractivity contribution in [1.29, 1.82) is 0 Å². The van der Waals surface area contributed by atoms with Gasteiger partial charge in [0.05, 0.1) is 0 Å². The molecule has 0 atom stereocenters. The van der Waals surface area contributed by atoms with Gasteiger partial charge in [-0.15, -0.1) is 0 Å². The molecule has 108 valence electrons. The summed E-state index contributed by atoms with van der Waals surface area (Å²) < 4.78 is 5.08. The van der Waals surface area contributed by atoms with Gasteiger partial charge in [0.15, 0.2) is 0 Å². The van der Waals surface area contributed by atoms with E-state index >= 15 is 0 Å². The lowest BCUT2D eigenvalue weighted by atomic mass is 10.1. The van der Waals surface area contributed by atoms with Gasteiger partial charge in [-0.2, -0.15) is 0 Å². The summed E-state index contributed by atoms with van der Waals surface area (Å²) in [4.78, 5) is 23.8. The summed E-state index contributed by atoms with van der Waals surface area (Å²) >= 11 is 0. The van der Waals surface area contributed by atoms with E-state index in [0.29, 0.717) is 13.2 Å². The third-order valence-electron chi connectivity index (χ3n) is 2.64. The summed E-state index contributed by atoms with van der Waals surface area (Å²) in [6, 6.07) is 7.38. The molecular weight excluding hydrogens is 258 g/mol. The topological polar surface area (TPSA) is 66.8 Å². The second-order valence-corrected chi connectivity index (χ2v) is 4.30. The monoisotopic (exact) mass is 277 g/mol. The van der Waals surface area contributed by atoms with Crippen LogP contribution in [0.15, 0.2) is 30.3 Å². The summed E-state index contributed by atoms with van der Waals surface area (Å²) in [5.74, 6) is -1.07. The van der Waals surface area contributed by atoms with Crippen LogP contribution >= 0.6 is 0 Å². The zero-order chi connectivity index (χ0) is 15.0. The number of hydrogen-bond acceptors (Lipinski definition) is 3. The van der Waals surface area contributed by atoms with E-state index in [1.54, 1.807) is 11.9 Å². The van der Waals surface area contributed by atoms with Crippen molar-refractivity contribution in [2.75, 3.05) is 20.3 Å². The molecule has 20 heavy (non-hydrogen) atoms. The molecule has 0 aliphatic carbocycles. The maximum absolute atomic E-state index is 11.7. The molecule has 0 aliphatic rings. The molecule has 0 saturated heterocycles. The molecule has 1 aromatic carbocycles. The number of likely N-dealkylation sites (N-methyl/N-ethyl adjacent to an activating group) is 1. The number of nitrogens with zero attached hydrogens (tertiary/aromatic N) is 1. The number of carboxylic acid groups (broad SMARTS) is 1. The lowest BCUT2D eigenvalue weighted by Crippen LogP contribution is -2.29. The molecule has 0 unspecified atom stereocenters. The summed E-state index contributed by atoms with van der Waals surface area (Å²) in [6.45, 7) is 2.88. The molecule has 1 aromatic rings. The maximum atomic E-state index is 11.7. The SMILES string of the molecule is CCOCC(=O)N(C)Cc1cccc(C=CC(=O)O)c1. The van der Waals surface area contributed by atoms with Crippen LogP contribution in [-0.4, -0.2) is 42.1 Å². The van der Waals surface area contributed by atoms with Crippen molar-refractivity contribution >= 4 is 18.0 Å². The Morgan fingerprint density at radius 2 is 2.15 bits per heavy atom. The Morgan fingerprint density at radius 3 is 2.80 bits per heavy atom. The van der Waals surface area contributed by atoms with Gasteiger partial charge in [-0.1, -0.05) is 18.2 Å². The Bertz CT molecular complexity index is 496. The largest absolute Gasteiger partial charge is 0.478 e. The minimum Gasteiger partial charge on any atom is -0.478 e. The van der Waals surface area contributed by atoms with Crippen molar-refractivity contribution in [3.63, 3.8) is 0 Å². The van der Waals surface area contributed by atoms with E-state index in [-0.39, 0.29) is 12.5 Å². The molecule has 1 N–H and O–H groups in total. The molecule has 0 saturated carbocycles. The predicted molar refractivity (Wildman–Crippen MR) is 76.1 cm³/mol. The number of hydrogen-bond donors (Lipinski definition) is 1. The predicted octanol–water partition coefficient (Wildman–Crippen LogP) is 1.78. The Hall–Kier alpha value is -2.14. The highest BCUT2D eigenvalue weighted by Crippen LogP contribution is 2.09. The zero-order valence-electron chi connectivity index (χ0n) is 11.7. The van der Waals surface area contributed by atoms with Crippen LogP contribution in [0.3, 0.4) is 0 Å². The number of carboxylic acids is 1. The van der Waals surface area contributed by atoms with Crippen molar-refractivity contribution < 1.29 is 19.4 Å². The van der Waals surface area contributed by atoms with Crippen LogP contribution in [0.5, 0.6) is 0 Å². The molecule has 0 spiro atoms. The standard InChI is InChI=1S/C15H19NO4/c1-3-20-11-14(17)16(2)10-13-6-4-5-12(9-13)7-8-15(18)19/h4-9H,3,10-11H2,1-2H3,(H,18,19). The van der Waals surface area contributed by atoms with Crippen LogP contribution in [0, 0.1) is 0 Å². The van der Waals surface area contributed by atoms with Crippen LogP contribution < -0.4 is 0 Å². The van der Waals surface area contributed by atoms with Gasteiger partial charge in [0.25, 0.3) is 0 Å². The van der Waals surface area contributed by atoms with Crippen LogP contribution in [0.1, 0.15) is 18.1 Å². The van der Waals surface area contributed by atoms with Gasteiger partial charge >= 0.3 is 5.97 Å². The first-order valence-corrected chi connectivity index (χ1v) is 6.34. The third-order valence-corrected chi connectivity index (χ3v) is 2.64. The highest BCUT2D eigenvalue weighted by Gasteiger charge is 2.08. The van der Waals surface area contributed by atoms with Gasteiger partial charge in [0.1, 0.15) is 6.61 Å². The molecule has 0 fully saturated rings. The van der Waals surface area contributed by atoms with E-state index in [4.69, 9.17) is 9.84 Å². The normalized spacial score (nSPS) is 10.7. The second kappa shape index (κ2) is 8.12. The Labute approximate surface area is 118 Å². The molecule has 0 aliphatic heterocycles. The molecule has 5 nitrogen and oxygen atoms in total. The van der Waals surface area contributed by atoms with E-state index in [1.165, 1.54) is 6.08 Å². The van der Waals surface area contributed by atoms with Crippen molar-refractivity contribution in [1.82, 2.24) is 4.90 Å². The van der Waals surface area contributed by atoms with Crippen LogP contribution in [-0.2, 0) is 20.9 Å². The number of ether oxygens (including phenoxy) is 1. The maximum Gasteiger partial charge on any atom is 0.328 e. The average Bonchev–Trinajstić information content (AvgIpc) is 2.42. The van der Waals surface area contributed by atoms with Crippen LogP contribution in [0.4, 0.5) is 0 Å². The summed E-state index contributed by atoms with van der Waals surface area (Å²) in [5.41, 5.74) is 1.72. The first-order valence-electron chi connectivity index (χ1n) is 6.34. The summed E-state index contributed by atoms with van der Waals surface area (Å²) in [6.07, 6.45) is 2.61. The third kappa shape index (κ3) is 5.67. The van der Waals surface area contributed by atoms with Crippen molar-refractivity contribution in [3.05, 3.63) is 41.5 Å². The van der Waals surface area contributed by atoms with E-state index < -0.39 is 5.97 Å². The minimum atomic E-state index is -0.987. The molecule has 0 heterocycles. The molecule has 0 bridgehead atoms. The lowest BCUT2D eigenvalue weighted by molar-refractivity contribution is -0.135. The number of aliphatic carboxylic acids is 1. The quantitative estimate of drug-likeness (QED) is 0.771. The lowest BCUT2D eigenvalue weighted by Gasteiger charge is -2.17. The average molecular weight is 277 g/mol. The molecule has 0 aromatic heterocycles. The van der Waals surface area contributed by atoms with Crippen LogP contribution in [0.25, 0.3) is 6.08 Å². The Kier molecular flexibility index (Phi) is 6.46. The van der Waals surface area contributed by atoms with Gasteiger partial charge in [-0.25, -0.2) is 4.79 Å². The first kappa shape index (κ1) is 15.9. The fourth-order valence-electron chi connectivity index (χ4n) is 1.62. The van der Waals surface area contributed by atoms with E-state index in [1.807, 2.05) is 31.2 Å². The minimum absolute atomic E-state index is 0.0750.